The molecular formula is C34H38N4O10. The average Bonchev–Trinajstić information content (AvgIpc) is 3.83. The van der Waals surface area contributed by atoms with Gasteiger partial charge in [-0.1, -0.05) is 0 Å². The minimum Gasteiger partial charge on any atom is -0.482 e. The Bertz CT molecular complexity index is 1890. The van der Waals surface area contributed by atoms with E-state index in [-0.39, 0.29) is 18.4 Å². The molecule has 7 rings (SSSR count). The maximum Gasteiger partial charge on any atom is 0.193 e. The Morgan fingerprint density at radius 2 is 1.92 bits per heavy atom. The van der Waals surface area contributed by atoms with Gasteiger partial charge < -0.3 is 44.5 Å². The SMILES string of the molecule is Cc1cc(=O)c2cc3c(c(N4C=C5N=CC=C5C4)c2o1)OC(C)(C)[C@H](OOC[C@H](O)[C@](O)(CN1CC=C2N=CC=C21)[C@H](O)[C@H](O)CO)C3. The topological polar surface area (TPSA) is 190 Å². The number of rotatable bonds is 11. The number of β-amino-alcohol motifs (C(OH)–C–C–N with tert-alkyl or cyclic N) is 1. The Kier molecular flexibility index (Phi) is 8.15. The van der Waals surface area contributed by atoms with Crippen molar-refractivity contribution in [1.29, 1.82) is 0 Å². The molecule has 1 aromatic heterocycles. The predicted molar refractivity (Wildman–Crippen MR) is 175 cm³/mol. The first-order valence-electron chi connectivity index (χ1n) is 15.8. The molecule has 0 bridgehead atoms. The van der Waals surface area contributed by atoms with Crippen molar-refractivity contribution in [1.82, 2.24) is 4.90 Å². The minimum atomic E-state index is -2.34. The summed E-state index contributed by atoms with van der Waals surface area (Å²) < 4.78 is 12.7. The van der Waals surface area contributed by atoms with Crippen LogP contribution in [0.25, 0.3) is 11.0 Å². The fraction of sp³-hybridized carbons (Fsp3) is 0.441. The number of allylic oxidation sites excluding steroid dienone is 2. The van der Waals surface area contributed by atoms with Crippen molar-refractivity contribution in [2.24, 2.45) is 9.98 Å². The summed E-state index contributed by atoms with van der Waals surface area (Å²) in [6.45, 7) is 4.48. The fourth-order valence-corrected chi connectivity index (χ4v) is 6.70. The molecule has 5 aliphatic rings. The molecule has 0 aliphatic carbocycles. The van der Waals surface area contributed by atoms with E-state index in [2.05, 4.69) is 9.98 Å². The van der Waals surface area contributed by atoms with E-state index in [0.717, 1.165) is 11.3 Å². The molecule has 5 atom stereocenters. The molecule has 0 saturated heterocycles. The van der Waals surface area contributed by atoms with Gasteiger partial charge in [-0.3, -0.25) is 14.8 Å². The Morgan fingerprint density at radius 3 is 2.69 bits per heavy atom. The van der Waals surface area contributed by atoms with Gasteiger partial charge >= 0.3 is 0 Å². The molecule has 0 unspecified atom stereocenters. The summed E-state index contributed by atoms with van der Waals surface area (Å²) in [5, 5.41) is 53.8. The van der Waals surface area contributed by atoms with Crippen molar-refractivity contribution in [2.45, 2.75) is 62.8 Å². The number of hydrogen-bond donors (Lipinski definition) is 5. The van der Waals surface area contributed by atoms with Gasteiger partial charge in [0.2, 0.25) is 0 Å². The van der Waals surface area contributed by atoms with Crippen LogP contribution in [0.2, 0.25) is 0 Å². The molecule has 0 spiro atoms. The van der Waals surface area contributed by atoms with Crippen LogP contribution in [-0.2, 0) is 16.2 Å². The van der Waals surface area contributed by atoms with Gasteiger partial charge in [-0.05, 0) is 45.1 Å². The third-order valence-electron chi connectivity index (χ3n) is 9.47. The van der Waals surface area contributed by atoms with Crippen LogP contribution in [0.3, 0.4) is 0 Å². The number of nitrogens with zero attached hydrogens (tertiary/aromatic N) is 4. The van der Waals surface area contributed by atoms with Crippen LogP contribution in [0.5, 0.6) is 5.75 Å². The highest BCUT2D eigenvalue weighted by Gasteiger charge is 2.49. The number of aliphatic hydroxyl groups excluding tert-OH is 4. The lowest BCUT2D eigenvalue weighted by atomic mass is 9.86. The van der Waals surface area contributed by atoms with Crippen molar-refractivity contribution in [3.05, 3.63) is 80.8 Å². The fourth-order valence-electron chi connectivity index (χ4n) is 6.70. The lowest BCUT2D eigenvalue weighted by Gasteiger charge is -2.42. The normalized spacial score (nSPS) is 23.5. The average molecular weight is 663 g/mol. The summed E-state index contributed by atoms with van der Waals surface area (Å²) >= 11 is 0. The largest absolute Gasteiger partial charge is 0.482 e. The van der Waals surface area contributed by atoms with Crippen LogP contribution in [0.15, 0.2) is 78.4 Å². The van der Waals surface area contributed by atoms with E-state index in [1.54, 1.807) is 36.4 Å². The zero-order valence-electron chi connectivity index (χ0n) is 26.7. The van der Waals surface area contributed by atoms with Crippen molar-refractivity contribution in [2.75, 3.05) is 37.7 Å². The van der Waals surface area contributed by atoms with E-state index in [1.165, 1.54) is 6.07 Å². The van der Waals surface area contributed by atoms with Gasteiger partial charge in [0, 0.05) is 48.8 Å². The van der Waals surface area contributed by atoms with E-state index in [4.69, 9.17) is 18.9 Å². The van der Waals surface area contributed by atoms with Crippen molar-refractivity contribution in [3.63, 3.8) is 0 Å². The van der Waals surface area contributed by atoms with E-state index in [1.807, 2.05) is 37.1 Å². The van der Waals surface area contributed by atoms with Gasteiger partial charge in [-0.15, -0.1) is 0 Å². The van der Waals surface area contributed by atoms with Crippen LogP contribution in [0.4, 0.5) is 5.69 Å². The van der Waals surface area contributed by atoms with Gasteiger partial charge in [-0.25, -0.2) is 9.78 Å². The molecule has 48 heavy (non-hydrogen) atoms. The molecule has 5 N–H and O–H groups in total. The van der Waals surface area contributed by atoms with Gasteiger partial charge in [-0.2, -0.15) is 0 Å². The molecule has 0 radical (unpaired) electrons. The highest BCUT2D eigenvalue weighted by Crippen LogP contribution is 2.47. The van der Waals surface area contributed by atoms with Crippen LogP contribution >= 0.6 is 0 Å². The van der Waals surface area contributed by atoms with Crippen molar-refractivity contribution in [3.8, 4) is 5.75 Å². The standard InChI is InChI=1S/C34H38N4O10/c1-18-10-25(40)21-11-20-12-28(33(2,3)47-30(20)29(31(21)46-18)38-13-19-4-7-36-23(19)14-38)48-45-16-27(42)34(44,32(43)26(41)15-39)17-37-9-6-22-24(37)5-8-35-22/h4-8,10-11,14,26-28,32,39,41-44H,9,12-13,15-17H2,1-3H3/t26-,27+,28-,32-,34-/m1/s1. The molecule has 0 amide bonds. The molecule has 1 aromatic carbocycles. The predicted octanol–water partition coefficient (Wildman–Crippen LogP) is 0.778. The Balaban J connectivity index is 1.12. The molecule has 14 nitrogen and oxygen atoms in total. The monoisotopic (exact) mass is 662 g/mol. The lowest BCUT2D eigenvalue weighted by molar-refractivity contribution is -0.363. The highest BCUT2D eigenvalue weighted by molar-refractivity contribution is 5.96. The molecule has 0 fully saturated rings. The van der Waals surface area contributed by atoms with Gasteiger partial charge in [0.05, 0.1) is 42.2 Å². The highest BCUT2D eigenvalue weighted by atomic mass is 17.2. The summed E-state index contributed by atoms with van der Waals surface area (Å²) in [7, 11) is 0. The molecule has 2 aromatic rings. The first-order chi connectivity index (χ1) is 22.9. The molecule has 6 heterocycles. The second-order valence-corrected chi connectivity index (χ2v) is 13.2. The molecular weight excluding hydrogens is 624 g/mol. The molecule has 14 heteroatoms. The van der Waals surface area contributed by atoms with Crippen LogP contribution in [-0.4, -0.2) is 111 Å². The Hall–Kier alpha value is -4.15. The number of aliphatic hydroxyl groups is 5. The quantitative estimate of drug-likeness (QED) is 0.168. The zero-order valence-corrected chi connectivity index (χ0v) is 26.7. The summed E-state index contributed by atoms with van der Waals surface area (Å²) in [6, 6.07) is 3.17. The first-order valence-corrected chi connectivity index (χ1v) is 15.8. The lowest BCUT2D eigenvalue weighted by Crippen LogP contribution is -2.63. The zero-order chi connectivity index (χ0) is 34.0. The van der Waals surface area contributed by atoms with Crippen molar-refractivity contribution < 1.29 is 44.5 Å². The third-order valence-corrected chi connectivity index (χ3v) is 9.47. The maximum absolute atomic E-state index is 13.2. The van der Waals surface area contributed by atoms with E-state index >= 15 is 0 Å². The first kappa shape index (κ1) is 32.4. The van der Waals surface area contributed by atoms with Gasteiger partial charge in [0.1, 0.15) is 53.7 Å². The summed E-state index contributed by atoms with van der Waals surface area (Å²) in [6.07, 6.45) is 4.84. The number of hydrogen-bond acceptors (Lipinski definition) is 14. The third kappa shape index (κ3) is 5.48. The van der Waals surface area contributed by atoms with Crippen LogP contribution in [0, 0.1) is 6.92 Å². The number of benzene rings is 1. The number of aryl methyl sites for hydroxylation is 1. The number of anilines is 1. The number of ether oxygens (including phenoxy) is 1. The second-order valence-electron chi connectivity index (χ2n) is 13.2. The van der Waals surface area contributed by atoms with Crippen LogP contribution < -0.4 is 15.1 Å². The molecule has 0 saturated carbocycles. The summed E-state index contributed by atoms with van der Waals surface area (Å²) in [5.74, 6) is 0.995. The van der Waals surface area contributed by atoms with Gasteiger partial charge in [0.25, 0.3) is 0 Å². The number of fused-ring (bicyclic) bond motifs is 4. The maximum atomic E-state index is 13.2. The Labute approximate surface area is 275 Å². The van der Waals surface area contributed by atoms with E-state index < -0.39 is 48.8 Å². The minimum absolute atomic E-state index is 0.202. The summed E-state index contributed by atoms with van der Waals surface area (Å²) in [5.41, 5.74) is 1.40. The van der Waals surface area contributed by atoms with E-state index in [0.29, 0.717) is 58.2 Å². The smallest absolute Gasteiger partial charge is 0.193 e. The molecule has 254 valence electrons. The number of aliphatic imine (C=N–C) groups is 2. The second kappa shape index (κ2) is 12.1. The summed E-state index contributed by atoms with van der Waals surface area (Å²) in [4.78, 5) is 36.8. The van der Waals surface area contributed by atoms with Crippen molar-refractivity contribution >= 4 is 29.1 Å². The van der Waals surface area contributed by atoms with E-state index in [9.17, 15) is 30.3 Å². The Morgan fingerprint density at radius 1 is 1.15 bits per heavy atom. The molecule has 5 aliphatic heterocycles. The van der Waals surface area contributed by atoms with Gasteiger partial charge in [0.15, 0.2) is 16.8 Å². The van der Waals surface area contributed by atoms with Crippen LogP contribution in [0.1, 0.15) is 25.2 Å².